The zero-order chi connectivity index (χ0) is 17.4. The van der Waals surface area contributed by atoms with Gasteiger partial charge in [0.25, 0.3) is 5.91 Å². The van der Waals surface area contributed by atoms with Gasteiger partial charge in [0.1, 0.15) is 6.33 Å². The first-order valence-corrected chi connectivity index (χ1v) is 8.50. The molecule has 7 heteroatoms. The van der Waals surface area contributed by atoms with Crippen molar-refractivity contribution in [2.45, 2.75) is 39.7 Å². The average molecular weight is 330 g/mol. The second-order valence-corrected chi connectivity index (χ2v) is 5.85. The first kappa shape index (κ1) is 18.1. The quantitative estimate of drug-likeness (QED) is 0.760. The van der Waals surface area contributed by atoms with E-state index in [2.05, 4.69) is 39.6 Å². The van der Waals surface area contributed by atoms with Gasteiger partial charge in [-0.3, -0.25) is 4.79 Å². The fraction of sp³-hybridized carbons (Fsp3) is 0.529. The molecule has 24 heavy (non-hydrogen) atoms. The van der Waals surface area contributed by atoms with Gasteiger partial charge in [-0.1, -0.05) is 19.9 Å². The lowest BCUT2D eigenvalue weighted by atomic mass is 10.1. The lowest BCUT2D eigenvalue weighted by molar-refractivity contribution is 0.0937. The van der Waals surface area contributed by atoms with Crippen LogP contribution in [0.5, 0.6) is 0 Å². The van der Waals surface area contributed by atoms with E-state index in [1.165, 1.54) is 11.0 Å². The molecular weight excluding hydrogens is 304 g/mol. The monoisotopic (exact) mass is 330 g/mol. The van der Waals surface area contributed by atoms with Crippen molar-refractivity contribution in [3.8, 4) is 5.69 Å². The molecule has 7 nitrogen and oxygen atoms in total. The van der Waals surface area contributed by atoms with Crippen LogP contribution >= 0.6 is 0 Å². The molecule has 0 bridgehead atoms. The van der Waals surface area contributed by atoms with Crippen molar-refractivity contribution in [1.29, 1.82) is 0 Å². The van der Waals surface area contributed by atoms with Crippen LogP contribution in [0.4, 0.5) is 0 Å². The minimum atomic E-state index is -0.0692. The van der Waals surface area contributed by atoms with Crippen LogP contribution in [0, 0.1) is 0 Å². The molecule has 1 N–H and O–H groups in total. The van der Waals surface area contributed by atoms with E-state index >= 15 is 0 Å². The van der Waals surface area contributed by atoms with Crippen molar-refractivity contribution in [2.24, 2.45) is 0 Å². The minimum Gasteiger partial charge on any atom is -0.350 e. The molecule has 1 aromatic heterocycles. The summed E-state index contributed by atoms with van der Waals surface area (Å²) < 4.78 is 1.53. The lowest BCUT2D eigenvalue weighted by Crippen LogP contribution is -2.33. The van der Waals surface area contributed by atoms with Gasteiger partial charge in [0.05, 0.1) is 5.69 Å². The summed E-state index contributed by atoms with van der Waals surface area (Å²) in [6.45, 7) is 9.61. The van der Waals surface area contributed by atoms with Gasteiger partial charge in [-0.15, -0.1) is 5.10 Å². The first-order chi connectivity index (χ1) is 11.6. The Hall–Kier alpha value is -2.28. The SMILES string of the molecule is CCN(CC)CCC[C@@H](C)NC(=O)c1cccc(-n2cnnn2)c1. The summed E-state index contributed by atoms with van der Waals surface area (Å²) in [5.74, 6) is -0.0692. The number of nitrogens with zero attached hydrogens (tertiary/aromatic N) is 5. The van der Waals surface area contributed by atoms with Crippen LogP contribution in [0.15, 0.2) is 30.6 Å². The molecule has 0 unspecified atom stereocenters. The molecule has 2 rings (SSSR count). The van der Waals surface area contributed by atoms with Gasteiger partial charge in [0.15, 0.2) is 0 Å². The molecule has 0 aliphatic carbocycles. The number of rotatable bonds is 9. The van der Waals surface area contributed by atoms with E-state index < -0.39 is 0 Å². The number of benzene rings is 1. The predicted molar refractivity (Wildman–Crippen MR) is 93.1 cm³/mol. The number of amides is 1. The topological polar surface area (TPSA) is 75.9 Å². The van der Waals surface area contributed by atoms with Crippen LogP contribution in [0.25, 0.3) is 5.69 Å². The Labute approximate surface area is 143 Å². The Bertz CT molecular complexity index is 624. The fourth-order valence-electron chi connectivity index (χ4n) is 2.61. The maximum Gasteiger partial charge on any atom is 0.251 e. The molecule has 130 valence electrons. The molecule has 2 aromatic rings. The third kappa shape index (κ3) is 5.13. The molecule has 0 saturated carbocycles. The molecule has 0 aliphatic rings. The Morgan fingerprint density at radius 2 is 2.12 bits per heavy atom. The van der Waals surface area contributed by atoms with E-state index in [4.69, 9.17) is 0 Å². The van der Waals surface area contributed by atoms with Crippen LogP contribution in [-0.2, 0) is 0 Å². The van der Waals surface area contributed by atoms with Crippen molar-refractivity contribution in [3.05, 3.63) is 36.2 Å². The van der Waals surface area contributed by atoms with Crippen molar-refractivity contribution in [3.63, 3.8) is 0 Å². The second-order valence-electron chi connectivity index (χ2n) is 5.85. The van der Waals surface area contributed by atoms with Gasteiger partial charge in [-0.05, 0) is 68.0 Å². The fourth-order valence-corrected chi connectivity index (χ4v) is 2.61. The first-order valence-electron chi connectivity index (χ1n) is 8.50. The van der Waals surface area contributed by atoms with Crippen LogP contribution in [0.1, 0.15) is 44.0 Å². The van der Waals surface area contributed by atoms with Crippen LogP contribution < -0.4 is 5.32 Å². The molecule has 0 aliphatic heterocycles. The second kappa shape index (κ2) is 9.12. The van der Waals surface area contributed by atoms with E-state index in [0.717, 1.165) is 38.2 Å². The van der Waals surface area contributed by atoms with Crippen LogP contribution in [-0.4, -0.2) is 56.7 Å². The number of aromatic nitrogens is 4. The van der Waals surface area contributed by atoms with Crippen LogP contribution in [0.3, 0.4) is 0 Å². The summed E-state index contributed by atoms with van der Waals surface area (Å²) in [6.07, 6.45) is 3.55. The Morgan fingerprint density at radius 3 is 2.79 bits per heavy atom. The highest BCUT2D eigenvalue weighted by atomic mass is 16.1. The Morgan fingerprint density at radius 1 is 1.33 bits per heavy atom. The number of carbonyl (C=O) groups is 1. The average Bonchev–Trinajstić information content (AvgIpc) is 3.13. The zero-order valence-corrected chi connectivity index (χ0v) is 14.6. The minimum absolute atomic E-state index is 0.0692. The van der Waals surface area contributed by atoms with Gasteiger partial charge in [-0.2, -0.15) is 0 Å². The number of tetrazole rings is 1. The van der Waals surface area contributed by atoms with Crippen molar-refractivity contribution >= 4 is 5.91 Å². The summed E-state index contributed by atoms with van der Waals surface area (Å²) in [6, 6.07) is 7.42. The van der Waals surface area contributed by atoms with Gasteiger partial charge < -0.3 is 10.2 Å². The van der Waals surface area contributed by atoms with E-state index in [0.29, 0.717) is 5.56 Å². The molecule has 1 aromatic carbocycles. The smallest absolute Gasteiger partial charge is 0.251 e. The Kier molecular flexibility index (Phi) is 6.87. The number of nitrogens with one attached hydrogen (secondary N) is 1. The van der Waals surface area contributed by atoms with Crippen LogP contribution in [0.2, 0.25) is 0 Å². The van der Waals surface area contributed by atoms with Crippen molar-refractivity contribution in [2.75, 3.05) is 19.6 Å². The van der Waals surface area contributed by atoms with Crippen molar-refractivity contribution in [1.82, 2.24) is 30.4 Å². The molecule has 0 fully saturated rings. The molecule has 0 radical (unpaired) electrons. The number of hydrogen-bond acceptors (Lipinski definition) is 5. The molecule has 1 atom stereocenters. The molecule has 0 saturated heterocycles. The maximum absolute atomic E-state index is 12.4. The maximum atomic E-state index is 12.4. The Balaban J connectivity index is 1.87. The number of hydrogen-bond donors (Lipinski definition) is 1. The van der Waals surface area contributed by atoms with Gasteiger partial charge in [0, 0.05) is 11.6 Å². The summed E-state index contributed by atoms with van der Waals surface area (Å²) in [5.41, 5.74) is 1.38. The highest BCUT2D eigenvalue weighted by Crippen LogP contribution is 2.09. The van der Waals surface area contributed by atoms with E-state index in [1.807, 2.05) is 19.1 Å². The number of carbonyl (C=O) groups excluding carboxylic acids is 1. The highest BCUT2D eigenvalue weighted by molar-refractivity contribution is 5.94. The van der Waals surface area contributed by atoms with E-state index in [-0.39, 0.29) is 11.9 Å². The summed E-state index contributed by atoms with van der Waals surface area (Å²) >= 11 is 0. The summed E-state index contributed by atoms with van der Waals surface area (Å²) in [7, 11) is 0. The summed E-state index contributed by atoms with van der Waals surface area (Å²) in [4.78, 5) is 14.8. The van der Waals surface area contributed by atoms with Crippen molar-refractivity contribution < 1.29 is 4.79 Å². The van der Waals surface area contributed by atoms with Gasteiger partial charge in [-0.25, -0.2) is 4.68 Å². The third-order valence-electron chi connectivity index (χ3n) is 4.11. The molecular formula is C17H26N6O. The normalized spacial score (nSPS) is 12.3. The predicted octanol–water partition coefficient (Wildman–Crippen LogP) is 1.90. The van der Waals surface area contributed by atoms with Gasteiger partial charge >= 0.3 is 0 Å². The van der Waals surface area contributed by atoms with E-state index in [1.54, 1.807) is 12.1 Å². The molecule has 1 heterocycles. The zero-order valence-electron chi connectivity index (χ0n) is 14.6. The third-order valence-corrected chi connectivity index (χ3v) is 4.11. The summed E-state index contributed by atoms with van der Waals surface area (Å²) in [5, 5.41) is 14.1. The molecule has 0 spiro atoms. The largest absolute Gasteiger partial charge is 0.350 e. The molecule has 1 amide bonds. The van der Waals surface area contributed by atoms with Gasteiger partial charge in [0.2, 0.25) is 0 Å². The van der Waals surface area contributed by atoms with E-state index in [9.17, 15) is 4.79 Å². The lowest BCUT2D eigenvalue weighted by Gasteiger charge is -2.19. The highest BCUT2D eigenvalue weighted by Gasteiger charge is 2.11. The standard InChI is InChI=1S/C17H26N6O/c1-4-22(5-2)11-7-8-14(3)19-17(24)15-9-6-10-16(12-15)23-13-18-20-21-23/h6,9-10,12-14H,4-5,7-8,11H2,1-3H3,(H,19,24)/t14-/m1/s1.